The standard InChI is InChI=1S/C10H17N5O4/c1-19-6-8(16)2-3-12-9-4-7(15(17)18)5-10(13-9)14-11/h4-5,8,16H,2-3,6,11H2,1H3,(H2,12,13,14). The molecule has 0 aliphatic carbocycles. The summed E-state index contributed by atoms with van der Waals surface area (Å²) in [5.41, 5.74) is 2.13. The van der Waals surface area contributed by atoms with Gasteiger partial charge >= 0.3 is 0 Å². The Kier molecular flexibility index (Phi) is 5.93. The zero-order chi connectivity index (χ0) is 14.3. The van der Waals surface area contributed by atoms with E-state index in [1.165, 1.54) is 19.2 Å². The number of rotatable bonds is 8. The van der Waals surface area contributed by atoms with Gasteiger partial charge in [0.2, 0.25) is 0 Å². The number of nitrogens with two attached hydrogens (primary N) is 1. The van der Waals surface area contributed by atoms with E-state index >= 15 is 0 Å². The molecule has 0 fully saturated rings. The average Bonchev–Trinajstić information content (AvgIpc) is 2.38. The number of hydrogen-bond acceptors (Lipinski definition) is 8. The van der Waals surface area contributed by atoms with E-state index < -0.39 is 11.0 Å². The Hall–Kier alpha value is -1.97. The molecule has 1 aromatic heterocycles. The van der Waals surface area contributed by atoms with Crippen LogP contribution in [-0.4, -0.2) is 41.4 Å². The normalized spacial score (nSPS) is 11.9. The molecule has 9 heteroatoms. The molecule has 9 nitrogen and oxygen atoms in total. The predicted octanol–water partition coefficient (Wildman–Crippen LogP) is 0.0847. The monoisotopic (exact) mass is 271 g/mol. The van der Waals surface area contributed by atoms with Gasteiger partial charge in [-0.25, -0.2) is 10.8 Å². The van der Waals surface area contributed by atoms with Crippen LogP contribution >= 0.6 is 0 Å². The summed E-state index contributed by atoms with van der Waals surface area (Å²) in [7, 11) is 1.50. The number of hydrogen-bond donors (Lipinski definition) is 4. The molecule has 0 saturated carbocycles. The molecule has 0 bridgehead atoms. The number of aromatic nitrogens is 1. The van der Waals surface area contributed by atoms with Crippen molar-refractivity contribution in [3.63, 3.8) is 0 Å². The molecule has 1 rings (SSSR count). The highest BCUT2D eigenvalue weighted by Gasteiger charge is 2.11. The number of nitrogen functional groups attached to an aromatic ring is 1. The van der Waals surface area contributed by atoms with Gasteiger partial charge in [0.15, 0.2) is 0 Å². The molecule has 106 valence electrons. The van der Waals surface area contributed by atoms with Gasteiger partial charge in [0.05, 0.1) is 29.8 Å². The Morgan fingerprint density at radius 3 is 2.84 bits per heavy atom. The van der Waals surface area contributed by atoms with Gasteiger partial charge in [-0.15, -0.1) is 0 Å². The van der Waals surface area contributed by atoms with Crippen LogP contribution in [0, 0.1) is 10.1 Å². The summed E-state index contributed by atoms with van der Waals surface area (Å²) in [5.74, 6) is 5.69. The van der Waals surface area contributed by atoms with E-state index in [-0.39, 0.29) is 18.1 Å². The lowest BCUT2D eigenvalue weighted by molar-refractivity contribution is -0.384. The van der Waals surface area contributed by atoms with Crippen molar-refractivity contribution in [2.45, 2.75) is 12.5 Å². The molecule has 0 spiro atoms. The van der Waals surface area contributed by atoms with Crippen LogP contribution in [0.2, 0.25) is 0 Å². The Bertz CT molecular complexity index is 428. The fourth-order valence-corrected chi connectivity index (χ4v) is 1.43. The molecule has 0 aliphatic heterocycles. The lowest BCUT2D eigenvalue weighted by Crippen LogP contribution is -2.19. The molecule has 5 N–H and O–H groups in total. The molecule has 1 unspecified atom stereocenters. The summed E-state index contributed by atoms with van der Waals surface area (Å²) in [6, 6.07) is 2.52. The molecule has 0 aliphatic rings. The smallest absolute Gasteiger partial charge is 0.276 e. The predicted molar refractivity (Wildman–Crippen MR) is 69.7 cm³/mol. The Balaban J connectivity index is 2.62. The summed E-state index contributed by atoms with van der Waals surface area (Å²) < 4.78 is 4.78. The second-order valence-corrected chi connectivity index (χ2v) is 3.82. The first-order chi connectivity index (χ1) is 9.06. The van der Waals surface area contributed by atoms with Crippen molar-refractivity contribution in [3.05, 3.63) is 22.2 Å². The number of nitrogens with one attached hydrogen (secondary N) is 2. The van der Waals surface area contributed by atoms with Crippen LogP contribution in [0.15, 0.2) is 12.1 Å². The van der Waals surface area contributed by atoms with E-state index in [0.717, 1.165) is 0 Å². The minimum atomic E-state index is -0.594. The number of aliphatic hydroxyl groups is 1. The first-order valence-corrected chi connectivity index (χ1v) is 5.60. The SMILES string of the molecule is COCC(O)CCNc1cc([N+](=O)[O-])cc(NN)n1. The molecule has 0 radical (unpaired) electrons. The van der Waals surface area contributed by atoms with E-state index in [9.17, 15) is 15.2 Å². The van der Waals surface area contributed by atoms with Gasteiger partial charge in [0.1, 0.15) is 11.6 Å². The van der Waals surface area contributed by atoms with Crippen LogP contribution in [0.1, 0.15) is 6.42 Å². The summed E-state index contributed by atoms with van der Waals surface area (Å²) in [4.78, 5) is 14.2. The van der Waals surface area contributed by atoms with Gasteiger partial charge in [-0.2, -0.15) is 0 Å². The summed E-state index contributed by atoms with van der Waals surface area (Å²) in [6.07, 6.45) is -0.160. The summed E-state index contributed by atoms with van der Waals surface area (Å²) in [6.45, 7) is 0.641. The van der Waals surface area contributed by atoms with E-state index in [1.54, 1.807) is 0 Å². The van der Waals surface area contributed by atoms with Crippen LogP contribution in [0.4, 0.5) is 17.3 Å². The second kappa shape index (κ2) is 7.46. The van der Waals surface area contributed by atoms with E-state index in [0.29, 0.717) is 18.8 Å². The van der Waals surface area contributed by atoms with Crippen LogP contribution in [0.5, 0.6) is 0 Å². The van der Waals surface area contributed by atoms with E-state index in [1.807, 2.05) is 0 Å². The number of nitro groups is 1. The third-order valence-electron chi connectivity index (χ3n) is 2.31. The van der Waals surface area contributed by atoms with Crippen molar-refractivity contribution in [1.82, 2.24) is 4.98 Å². The minimum Gasteiger partial charge on any atom is -0.391 e. The van der Waals surface area contributed by atoms with Gasteiger partial charge < -0.3 is 20.6 Å². The zero-order valence-electron chi connectivity index (χ0n) is 10.5. The first-order valence-electron chi connectivity index (χ1n) is 5.60. The van der Waals surface area contributed by atoms with Gasteiger partial charge in [-0.1, -0.05) is 0 Å². The number of anilines is 2. The van der Waals surface area contributed by atoms with Crippen molar-refractivity contribution in [2.75, 3.05) is 31.0 Å². The fraction of sp³-hybridized carbons (Fsp3) is 0.500. The van der Waals surface area contributed by atoms with Crippen LogP contribution in [0.3, 0.4) is 0 Å². The highest BCUT2D eigenvalue weighted by Crippen LogP contribution is 2.19. The lowest BCUT2D eigenvalue weighted by Gasteiger charge is -2.11. The van der Waals surface area contributed by atoms with Gasteiger partial charge in [0.25, 0.3) is 5.69 Å². The topological polar surface area (TPSA) is 136 Å². The van der Waals surface area contributed by atoms with Crippen LogP contribution < -0.4 is 16.6 Å². The summed E-state index contributed by atoms with van der Waals surface area (Å²) >= 11 is 0. The van der Waals surface area contributed by atoms with E-state index in [2.05, 4.69) is 15.7 Å². The quantitative estimate of drug-likeness (QED) is 0.296. The van der Waals surface area contributed by atoms with Crippen molar-refractivity contribution in [2.24, 2.45) is 5.84 Å². The van der Waals surface area contributed by atoms with Gasteiger partial charge in [-0.3, -0.25) is 10.1 Å². The third-order valence-corrected chi connectivity index (χ3v) is 2.31. The fourth-order valence-electron chi connectivity index (χ4n) is 1.43. The maximum Gasteiger partial charge on any atom is 0.276 e. The van der Waals surface area contributed by atoms with E-state index in [4.69, 9.17) is 10.6 Å². The average molecular weight is 271 g/mol. The molecular formula is C10H17N5O4. The molecule has 1 heterocycles. The minimum absolute atomic E-state index is 0.122. The second-order valence-electron chi connectivity index (χ2n) is 3.82. The molecule has 0 aromatic carbocycles. The number of methoxy groups -OCH3 is 1. The number of aliphatic hydroxyl groups excluding tert-OH is 1. The Morgan fingerprint density at radius 2 is 2.26 bits per heavy atom. The van der Waals surface area contributed by atoms with Crippen LogP contribution in [-0.2, 0) is 4.74 Å². The lowest BCUT2D eigenvalue weighted by atomic mass is 10.2. The Labute approximate surface area is 109 Å². The third kappa shape index (κ3) is 5.04. The number of hydrazine groups is 1. The van der Waals surface area contributed by atoms with Crippen molar-refractivity contribution in [3.8, 4) is 0 Å². The highest BCUT2D eigenvalue weighted by atomic mass is 16.6. The van der Waals surface area contributed by atoms with Crippen LogP contribution in [0.25, 0.3) is 0 Å². The van der Waals surface area contributed by atoms with Gasteiger partial charge in [-0.05, 0) is 6.42 Å². The largest absolute Gasteiger partial charge is 0.391 e. The number of ether oxygens (including phenoxy) is 1. The maximum atomic E-state index is 10.7. The zero-order valence-corrected chi connectivity index (χ0v) is 10.5. The van der Waals surface area contributed by atoms with Gasteiger partial charge in [0, 0.05) is 13.7 Å². The molecule has 0 amide bonds. The maximum absolute atomic E-state index is 10.7. The molecular weight excluding hydrogens is 254 g/mol. The molecule has 1 aromatic rings. The van der Waals surface area contributed by atoms with Crippen molar-refractivity contribution in [1.29, 1.82) is 0 Å². The Morgan fingerprint density at radius 1 is 1.58 bits per heavy atom. The highest BCUT2D eigenvalue weighted by molar-refractivity contribution is 5.54. The molecule has 19 heavy (non-hydrogen) atoms. The van der Waals surface area contributed by atoms with Crippen molar-refractivity contribution < 1.29 is 14.8 Å². The molecule has 1 atom stereocenters. The first kappa shape index (κ1) is 15.1. The molecule has 0 saturated heterocycles. The number of pyridine rings is 1. The number of nitrogens with zero attached hydrogens (tertiary/aromatic N) is 2. The van der Waals surface area contributed by atoms with Crippen molar-refractivity contribution >= 4 is 17.3 Å². The summed E-state index contributed by atoms with van der Waals surface area (Å²) in [5, 5.41) is 23.0.